The van der Waals surface area contributed by atoms with Gasteiger partial charge < -0.3 is 0 Å². The first-order valence-electron chi connectivity index (χ1n) is 4.11. The van der Waals surface area contributed by atoms with Gasteiger partial charge in [-0.15, -0.1) is 0 Å². The zero-order valence-corrected chi connectivity index (χ0v) is 9.36. The molecule has 0 radical (unpaired) electrons. The van der Waals surface area contributed by atoms with Crippen LogP contribution in [-0.2, 0) is 16.3 Å². The standard InChI is InChI=1S/C9H9BrO2S/c10-8-3-4-9-7(6-8)2-1-5-13(9,11)12/h3-4,6H,1-2,5H2. The van der Waals surface area contributed by atoms with E-state index in [9.17, 15) is 8.42 Å². The van der Waals surface area contributed by atoms with E-state index in [2.05, 4.69) is 15.9 Å². The summed E-state index contributed by atoms with van der Waals surface area (Å²) in [5, 5.41) is 0. The molecular formula is C9H9BrO2S. The lowest BCUT2D eigenvalue weighted by atomic mass is 10.1. The van der Waals surface area contributed by atoms with Crippen LogP contribution in [0.25, 0.3) is 0 Å². The highest BCUT2D eigenvalue weighted by molar-refractivity contribution is 9.10. The Kier molecular flexibility index (Phi) is 2.20. The number of hydrogen-bond acceptors (Lipinski definition) is 2. The van der Waals surface area contributed by atoms with Gasteiger partial charge in [-0.25, -0.2) is 8.42 Å². The van der Waals surface area contributed by atoms with Gasteiger partial charge in [0.25, 0.3) is 0 Å². The van der Waals surface area contributed by atoms with Crippen LogP contribution < -0.4 is 0 Å². The van der Waals surface area contributed by atoms with E-state index in [4.69, 9.17) is 0 Å². The van der Waals surface area contributed by atoms with E-state index in [0.717, 1.165) is 22.9 Å². The summed E-state index contributed by atoms with van der Waals surface area (Å²) < 4.78 is 24.1. The quantitative estimate of drug-likeness (QED) is 0.717. The first-order chi connectivity index (χ1) is 6.09. The van der Waals surface area contributed by atoms with E-state index in [1.54, 1.807) is 12.1 Å². The molecule has 2 rings (SSSR count). The summed E-state index contributed by atoms with van der Waals surface area (Å²) in [6.45, 7) is 0. The lowest BCUT2D eigenvalue weighted by molar-refractivity contribution is 0.586. The van der Waals surface area contributed by atoms with Crippen molar-refractivity contribution >= 4 is 25.8 Å². The van der Waals surface area contributed by atoms with Crippen molar-refractivity contribution in [3.05, 3.63) is 28.2 Å². The Morgan fingerprint density at radius 3 is 2.85 bits per heavy atom. The fraction of sp³-hybridized carbons (Fsp3) is 0.333. The Hall–Kier alpha value is -0.350. The third-order valence-electron chi connectivity index (χ3n) is 2.22. The summed E-state index contributed by atoms with van der Waals surface area (Å²) in [6.07, 6.45) is 1.61. The molecule has 1 aliphatic heterocycles. The maximum atomic E-state index is 11.6. The number of rotatable bonds is 0. The van der Waals surface area contributed by atoms with Crippen molar-refractivity contribution in [1.82, 2.24) is 0 Å². The lowest BCUT2D eigenvalue weighted by Gasteiger charge is -2.15. The third-order valence-corrected chi connectivity index (χ3v) is 4.60. The lowest BCUT2D eigenvalue weighted by Crippen LogP contribution is -2.15. The van der Waals surface area contributed by atoms with Crippen molar-refractivity contribution in [2.75, 3.05) is 5.75 Å². The molecule has 0 saturated carbocycles. The second-order valence-corrected chi connectivity index (χ2v) is 6.17. The van der Waals surface area contributed by atoms with E-state index in [0.29, 0.717) is 10.6 Å². The topological polar surface area (TPSA) is 34.1 Å². The Labute approximate surface area is 86.0 Å². The van der Waals surface area contributed by atoms with Crippen molar-refractivity contribution in [3.8, 4) is 0 Å². The first-order valence-corrected chi connectivity index (χ1v) is 6.55. The maximum absolute atomic E-state index is 11.6. The average molecular weight is 261 g/mol. The van der Waals surface area contributed by atoms with Crippen LogP contribution in [-0.4, -0.2) is 14.2 Å². The number of benzene rings is 1. The molecule has 0 aliphatic carbocycles. The molecule has 0 fully saturated rings. The Morgan fingerprint density at radius 1 is 1.31 bits per heavy atom. The van der Waals surface area contributed by atoms with Crippen molar-refractivity contribution in [2.45, 2.75) is 17.7 Å². The molecule has 1 aromatic carbocycles. The minimum atomic E-state index is -2.98. The predicted octanol–water partition coefficient (Wildman–Crippen LogP) is 2.17. The highest BCUT2D eigenvalue weighted by Gasteiger charge is 2.22. The Morgan fingerprint density at radius 2 is 2.08 bits per heavy atom. The van der Waals surface area contributed by atoms with Crippen LogP contribution in [0, 0.1) is 0 Å². The summed E-state index contributed by atoms with van der Waals surface area (Å²) in [4.78, 5) is 0.516. The van der Waals surface area contributed by atoms with Gasteiger partial charge in [-0.2, -0.15) is 0 Å². The number of sulfone groups is 1. The van der Waals surface area contributed by atoms with Gasteiger partial charge in [-0.1, -0.05) is 15.9 Å². The Balaban J connectivity index is 2.66. The summed E-state index contributed by atoms with van der Waals surface area (Å²) >= 11 is 3.33. The first kappa shape index (κ1) is 9.21. The van der Waals surface area contributed by atoms with Gasteiger partial charge in [0.05, 0.1) is 10.6 Å². The van der Waals surface area contributed by atoms with E-state index >= 15 is 0 Å². The molecule has 4 heteroatoms. The van der Waals surface area contributed by atoms with Gasteiger partial charge in [0.1, 0.15) is 0 Å². The molecule has 1 heterocycles. The van der Waals surface area contributed by atoms with Crippen molar-refractivity contribution < 1.29 is 8.42 Å². The number of hydrogen-bond donors (Lipinski definition) is 0. The van der Waals surface area contributed by atoms with Gasteiger partial charge in [0.2, 0.25) is 0 Å². The molecule has 2 nitrogen and oxygen atoms in total. The number of fused-ring (bicyclic) bond motifs is 1. The fourth-order valence-electron chi connectivity index (χ4n) is 1.61. The van der Waals surface area contributed by atoms with E-state index in [-0.39, 0.29) is 0 Å². The number of aryl methyl sites for hydroxylation is 1. The van der Waals surface area contributed by atoms with Crippen LogP contribution in [0.1, 0.15) is 12.0 Å². The van der Waals surface area contributed by atoms with E-state index in [1.165, 1.54) is 0 Å². The number of halogens is 1. The normalized spacial score (nSPS) is 19.5. The summed E-state index contributed by atoms with van der Waals surface area (Å²) in [7, 11) is -2.98. The molecule has 13 heavy (non-hydrogen) atoms. The second-order valence-electron chi connectivity index (χ2n) is 3.17. The molecule has 0 bridgehead atoms. The summed E-state index contributed by atoms with van der Waals surface area (Å²) in [6, 6.07) is 5.36. The molecule has 0 spiro atoms. The fourth-order valence-corrected chi connectivity index (χ4v) is 3.60. The van der Waals surface area contributed by atoms with Gasteiger partial charge in [0.15, 0.2) is 9.84 Å². The minimum absolute atomic E-state index is 0.293. The van der Waals surface area contributed by atoms with Crippen LogP contribution in [0.5, 0.6) is 0 Å². The minimum Gasteiger partial charge on any atom is -0.224 e. The van der Waals surface area contributed by atoms with Crippen molar-refractivity contribution in [2.24, 2.45) is 0 Å². The van der Waals surface area contributed by atoms with Gasteiger partial charge in [-0.05, 0) is 36.6 Å². The molecule has 0 unspecified atom stereocenters. The summed E-state index contributed by atoms with van der Waals surface area (Å²) in [5.74, 6) is 0.293. The highest BCUT2D eigenvalue weighted by atomic mass is 79.9. The molecule has 0 saturated heterocycles. The summed E-state index contributed by atoms with van der Waals surface area (Å²) in [5.41, 5.74) is 0.945. The van der Waals surface area contributed by atoms with Gasteiger partial charge in [0, 0.05) is 4.47 Å². The monoisotopic (exact) mass is 260 g/mol. The van der Waals surface area contributed by atoms with Crippen LogP contribution in [0.3, 0.4) is 0 Å². The Bertz CT molecular complexity index is 437. The molecule has 1 aromatic rings. The predicted molar refractivity (Wildman–Crippen MR) is 54.5 cm³/mol. The SMILES string of the molecule is O=S1(=O)CCCc2cc(Br)ccc21. The molecule has 70 valence electrons. The van der Waals surface area contributed by atoms with Crippen molar-refractivity contribution in [1.29, 1.82) is 0 Å². The van der Waals surface area contributed by atoms with Crippen LogP contribution in [0.2, 0.25) is 0 Å². The largest absolute Gasteiger partial charge is 0.224 e. The van der Waals surface area contributed by atoms with Crippen LogP contribution in [0.4, 0.5) is 0 Å². The molecule has 1 aliphatic rings. The highest BCUT2D eigenvalue weighted by Crippen LogP contribution is 2.27. The zero-order chi connectivity index (χ0) is 9.47. The van der Waals surface area contributed by atoms with E-state index < -0.39 is 9.84 Å². The van der Waals surface area contributed by atoms with E-state index in [1.807, 2.05) is 6.07 Å². The maximum Gasteiger partial charge on any atom is 0.178 e. The van der Waals surface area contributed by atoms with Gasteiger partial charge in [-0.3, -0.25) is 0 Å². The second kappa shape index (κ2) is 3.10. The van der Waals surface area contributed by atoms with Crippen LogP contribution >= 0.6 is 15.9 Å². The van der Waals surface area contributed by atoms with Gasteiger partial charge >= 0.3 is 0 Å². The van der Waals surface area contributed by atoms with Crippen LogP contribution in [0.15, 0.2) is 27.6 Å². The molecule has 0 atom stereocenters. The molecule has 0 N–H and O–H groups in total. The third kappa shape index (κ3) is 1.65. The average Bonchev–Trinajstić information content (AvgIpc) is 2.02. The zero-order valence-electron chi connectivity index (χ0n) is 6.96. The smallest absolute Gasteiger partial charge is 0.178 e. The van der Waals surface area contributed by atoms with Crippen molar-refractivity contribution in [3.63, 3.8) is 0 Å². The molecule has 0 amide bonds. The molecular weight excluding hydrogens is 252 g/mol. The molecule has 0 aromatic heterocycles.